The summed E-state index contributed by atoms with van der Waals surface area (Å²) in [4.78, 5) is 15.9. The Bertz CT molecular complexity index is 522. The Morgan fingerprint density at radius 1 is 1.50 bits per heavy atom. The van der Waals surface area contributed by atoms with E-state index in [4.69, 9.17) is 4.42 Å². The molecule has 0 aliphatic carbocycles. The molecule has 2 aromatic rings. The van der Waals surface area contributed by atoms with Gasteiger partial charge in [0.2, 0.25) is 0 Å². The fourth-order valence-corrected chi connectivity index (χ4v) is 1.63. The van der Waals surface area contributed by atoms with Crippen molar-refractivity contribution in [3.63, 3.8) is 0 Å². The molecule has 0 saturated carbocycles. The number of carbonyl (C=O) groups excluding carboxylic acids is 1. The summed E-state index contributed by atoms with van der Waals surface area (Å²) in [5.41, 5.74) is 0.512. The van der Waals surface area contributed by atoms with Gasteiger partial charge in [-0.1, -0.05) is 0 Å². The largest absolute Gasteiger partial charge is 0.469 e. The number of hydrogen-bond acceptors (Lipinski definition) is 3. The zero-order valence-corrected chi connectivity index (χ0v) is 10.1. The summed E-state index contributed by atoms with van der Waals surface area (Å²) >= 11 is 3.31. The number of amides is 1. The molecule has 1 N–H and O–H groups in total. The van der Waals surface area contributed by atoms with Gasteiger partial charge in [0.15, 0.2) is 0 Å². The summed E-state index contributed by atoms with van der Waals surface area (Å²) in [5.74, 6) is 0.850. The predicted octanol–water partition coefficient (Wildman–Crippen LogP) is 3.00. The van der Waals surface area contributed by atoms with Crippen molar-refractivity contribution >= 4 is 27.7 Å². The molecule has 2 rings (SSSR count). The van der Waals surface area contributed by atoms with Crippen LogP contribution in [-0.4, -0.2) is 10.9 Å². The standard InChI is InChI=1S/C11H9BrN2O2/c1-7-8(4-6-16-7)11(15)14-10-9(12)3-2-5-13-10/h2-6H,1H3,(H,13,14,15). The van der Waals surface area contributed by atoms with Crippen molar-refractivity contribution < 1.29 is 9.21 Å². The zero-order valence-electron chi connectivity index (χ0n) is 8.53. The maximum atomic E-state index is 11.8. The van der Waals surface area contributed by atoms with E-state index in [-0.39, 0.29) is 5.91 Å². The summed E-state index contributed by atoms with van der Waals surface area (Å²) < 4.78 is 5.80. The Morgan fingerprint density at radius 2 is 2.31 bits per heavy atom. The van der Waals surface area contributed by atoms with Gasteiger partial charge in [0, 0.05) is 6.20 Å². The zero-order chi connectivity index (χ0) is 11.5. The van der Waals surface area contributed by atoms with E-state index >= 15 is 0 Å². The molecule has 0 saturated heterocycles. The second-order valence-electron chi connectivity index (χ2n) is 3.18. The highest BCUT2D eigenvalue weighted by molar-refractivity contribution is 9.10. The molecule has 0 radical (unpaired) electrons. The number of pyridine rings is 1. The van der Waals surface area contributed by atoms with Crippen molar-refractivity contribution in [3.05, 3.63) is 46.5 Å². The van der Waals surface area contributed by atoms with Crippen molar-refractivity contribution in [2.75, 3.05) is 5.32 Å². The van der Waals surface area contributed by atoms with Crippen LogP contribution in [-0.2, 0) is 0 Å². The van der Waals surface area contributed by atoms with Gasteiger partial charge in [-0.2, -0.15) is 0 Å². The quantitative estimate of drug-likeness (QED) is 0.920. The van der Waals surface area contributed by atoms with Crippen LogP contribution in [0.3, 0.4) is 0 Å². The normalized spacial score (nSPS) is 10.1. The molecule has 0 atom stereocenters. The highest BCUT2D eigenvalue weighted by atomic mass is 79.9. The lowest BCUT2D eigenvalue weighted by atomic mass is 10.2. The van der Waals surface area contributed by atoms with Gasteiger partial charge in [-0.15, -0.1) is 0 Å². The van der Waals surface area contributed by atoms with E-state index in [9.17, 15) is 4.79 Å². The molecule has 0 aromatic carbocycles. The van der Waals surface area contributed by atoms with E-state index in [1.165, 1.54) is 6.26 Å². The van der Waals surface area contributed by atoms with Crippen LogP contribution in [0, 0.1) is 6.92 Å². The van der Waals surface area contributed by atoms with Crippen LogP contribution in [0.2, 0.25) is 0 Å². The molecule has 2 aromatic heterocycles. The molecule has 1 amide bonds. The maximum Gasteiger partial charge on any atom is 0.260 e. The van der Waals surface area contributed by atoms with Gasteiger partial charge in [0.25, 0.3) is 5.91 Å². The molecular weight excluding hydrogens is 272 g/mol. The van der Waals surface area contributed by atoms with Crippen molar-refractivity contribution in [2.45, 2.75) is 6.92 Å². The summed E-state index contributed by atoms with van der Waals surface area (Å²) in [5, 5.41) is 2.70. The van der Waals surface area contributed by atoms with Crippen LogP contribution < -0.4 is 5.32 Å². The molecular formula is C11H9BrN2O2. The summed E-state index contributed by atoms with van der Waals surface area (Å²) in [6.07, 6.45) is 3.10. The summed E-state index contributed by atoms with van der Waals surface area (Å²) in [7, 11) is 0. The Morgan fingerprint density at radius 3 is 2.94 bits per heavy atom. The highest BCUT2D eigenvalue weighted by Gasteiger charge is 2.13. The number of nitrogens with one attached hydrogen (secondary N) is 1. The van der Waals surface area contributed by atoms with E-state index in [0.717, 1.165) is 4.47 Å². The van der Waals surface area contributed by atoms with E-state index < -0.39 is 0 Å². The van der Waals surface area contributed by atoms with E-state index in [2.05, 4.69) is 26.2 Å². The van der Waals surface area contributed by atoms with Crippen molar-refractivity contribution in [2.24, 2.45) is 0 Å². The second-order valence-corrected chi connectivity index (χ2v) is 4.03. The van der Waals surface area contributed by atoms with Gasteiger partial charge in [-0.3, -0.25) is 4.79 Å². The molecule has 0 unspecified atom stereocenters. The number of rotatable bonds is 2. The number of furan rings is 1. The smallest absolute Gasteiger partial charge is 0.260 e. The number of aromatic nitrogens is 1. The number of halogens is 1. The van der Waals surface area contributed by atoms with Crippen LogP contribution in [0.15, 0.2) is 39.5 Å². The number of anilines is 1. The Balaban J connectivity index is 2.21. The topological polar surface area (TPSA) is 55.1 Å². The van der Waals surface area contributed by atoms with Crippen LogP contribution in [0.5, 0.6) is 0 Å². The van der Waals surface area contributed by atoms with E-state index in [1.807, 2.05) is 6.07 Å². The average Bonchev–Trinajstić information content (AvgIpc) is 2.68. The Labute approximate surface area is 101 Å². The lowest BCUT2D eigenvalue weighted by molar-refractivity contribution is 0.102. The van der Waals surface area contributed by atoms with Gasteiger partial charge >= 0.3 is 0 Å². The van der Waals surface area contributed by atoms with E-state index in [0.29, 0.717) is 17.1 Å². The van der Waals surface area contributed by atoms with Crippen molar-refractivity contribution in [1.29, 1.82) is 0 Å². The molecule has 0 aliphatic rings. The SMILES string of the molecule is Cc1occc1C(=O)Nc1ncccc1Br. The average molecular weight is 281 g/mol. The molecule has 2 heterocycles. The molecule has 0 fully saturated rings. The lowest BCUT2D eigenvalue weighted by Gasteiger charge is -2.04. The molecule has 82 valence electrons. The van der Waals surface area contributed by atoms with Crippen molar-refractivity contribution in [3.8, 4) is 0 Å². The fraction of sp³-hybridized carbons (Fsp3) is 0.0909. The molecule has 0 spiro atoms. The lowest BCUT2D eigenvalue weighted by Crippen LogP contribution is -2.13. The third-order valence-electron chi connectivity index (χ3n) is 2.09. The first-order valence-electron chi connectivity index (χ1n) is 4.64. The third kappa shape index (κ3) is 2.14. The van der Waals surface area contributed by atoms with Crippen LogP contribution in [0.25, 0.3) is 0 Å². The molecule has 0 bridgehead atoms. The third-order valence-corrected chi connectivity index (χ3v) is 2.73. The fourth-order valence-electron chi connectivity index (χ4n) is 1.27. The minimum absolute atomic E-state index is 0.231. The Kier molecular flexibility index (Phi) is 3.05. The first-order chi connectivity index (χ1) is 7.68. The number of hydrogen-bond donors (Lipinski definition) is 1. The monoisotopic (exact) mass is 280 g/mol. The van der Waals surface area contributed by atoms with E-state index in [1.54, 1.807) is 25.3 Å². The molecule has 16 heavy (non-hydrogen) atoms. The van der Waals surface area contributed by atoms with Crippen molar-refractivity contribution in [1.82, 2.24) is 4.98 Å². The van der Waals surface area contributed by atoms with Crippen LogP contribution in [0.1, 0.15) is 16.1 Å². The van der Waals surface area contributed by atoms with Gasteiger partial charge in [-0.25, -0.2) is 4.98 Å². The van der Waals surface area contributed by atoms with Gasteiger partial charge in [0.05, 0.1) is 16.3 Å². The summed E-state index contributed by atoms with van der Waals surface area (Å²) in [6, 6.07) is 5.22. The minimum Gasteiger partial charge on any atom is -0.469 e. The van der Waals surface area contributed by atoms with Crippen LogP contribution in [0.4, 0.5) is 5.82 Å². The molecule has 0 aliphatic heterocycles. The van der Waals surface area contributed by atoms with Crippen LogP contribution >= 0.6 is 15.9 Å². The Hall–Kier alpha value is -1.62. The second kappa shape index (κ2) is 4.49. The number of carbonyl (C=O) groups is 1. The first kappa shape index (κ1) is 10.9. The number of aryl methyl sites for hydroxylation is 1. The highest BCUT2D eigenvalue weighted by Crippen LogP contribution is 2.19. The molecule has 4 nitrogen and oxygen atoms in total. The number of nitrogens with zero attached hydrogens (tertiary/aromatic N) is 1. The predicted molar refractivity (Wildman–Crippen MR) is 63.3 cm³/mol. The van der Waals surface area contributed by atoms with Gasteiger partial charge in [0.1, 0.15) is 11.6 Å². The molecule has 5 heteroatoms. The van der Waals surface area contributed by atoms with Gasteiger partial charge < -0.3 is 9.73 Å². The maximum absolute atomic E-state index is 11.8. The van der Waals surface area contributed by atoms with Gasteiger partial charge in [-0.05, 0) is 41.1 Å². The minimum atomic E-state index is -0.231. The summed E-state index contributed by atoms with van der Waals surface area (Å²) in [6.45, 7) is 1.74. The first-order valence-corrected chi connectivity index (χ1v) is 5.44.